The summed E-state index contributed by atoms with van der Waals surface area (Å²) in [6.45, 7) is 4.77. The zero-order valence-corrected chi connectivity index (χ0v) is 13.1. The molecule has 0 unspecified atom stereocenters. The largest absolute Gasteiger partial charge is 0.350 e. The third kappa shape index (κ3) is 4.39. The van der Waals surface area contributed by atoms with Gasteiger partial charge in [0.2, 0.25) is 5.91 Å². The van der Waals surface area contributed by atoms with Gasteiger partial charge in [0.05, 0.1) is 17.9 Å². The van der Waals surface area contributed by atoms with Crippen molar-refractivity contribution in [3.63, 3.8) is 0 Å². The monoisotopic (exact) mass is 301 g/mol. The van der Waals surface area contributed by atoms with Crippen molar-refractivity contribution >= 4 is 5.91 Å². The van der Waals surface area contributed by atoms with Crippen LogP contribution < -0.4 is 11.1 Å². The molecule has 0 spiro atoms. The van der Waals surface area contributed by atoms with E-state index < -0.39 is 0 Å². The van der Waals surface area contributed by atoms with Crippen molar-refractivity contribution in [1.29, 1.82) is 0 Å². The molecule has 1 aromatic heterocycles. The molecular formula is C16H23N5O. The Kier molecular flexibility index (Phi) is 5.66. The van der Waals surface area contributed by atoms with Crippen LogP contribution in [0.25, 0.3) is 0 Å². The number of benzene rings is 1. The molecule has 0 fully saturated rings. The molecule has 118 valence electrons. The van der Waals surface area contributed by atoms with Gasteiger partial charge < -0.3 is 11.1 Å². The number of hydrogen-bond acceptors (Lipinski definition) is 4. The number of carbonyl (C=O) groups is 1. The highest BCUT2D eigenvalue weighted by molar-refractivity contribution is 5.75. The maximum Gasteiger partial charge on any atom is 0.242 e. The first-order valence-corrected chi connectivity index (χ1v) is 7.57. The molecule has 1 amide bonds. The average Bonchev–Trinajstić information content (AvgIpc) is 2.95. The topological polar surface area (TPSA) is 85.8 Å². The van der Waals surface area contributed by atoms with E-state index in [1.807, 2.05) is 31.2 Å². The fraction of sp³-hybridized carbons (Fsp3) is 0.438. The minimum absolute atomic E-state index is 0.0937. The lowest BCUT2D eigenvalue weighted by Gasteiger charge is -2.07. The number of nitrogens with one attached hydrogen (secondary N) is 1. The third-order valence-electron chi connectivity index (χ3n) is 3.58. The van der Waals surface area contributed by atoms with Crippen LogP contribution in [0.5, 0.6) is 0 Å². The summed E-state index contributed by atoms with van der Waals surface area (Å²) in [6.07, 6.45) is 3.59. The lowest BCUT2D eigenvalue weighted by molar-refractivity contribution is -0.122. The van der Waals surface area contributed by atoms with Crippen LogP contribution in [0.15, 0.2) is 30.5 Å². The van der Waals surface area contributed by atoms with Crippen molar-refractivity contribution in [3.8, 4) is 0 Å². The molecule has 0 aliphatic carbocycles. The first-order chi connectivity index (χ1) is 10.6. The van der Waals surface area contributed by atoms with Crippen molar-refractivity contribution < 1.29 is 4.79 Å². The fourth-order valence-corrected chi connectivity index (χ4v) is 2.22. The van der Waals surface area contributed by atoms with Crippen molar-refractivity contribution in [3.05, 3.63) is 47.3 Å². The molecule has 0 saturated carbocycles. The van der Waals surface area contributed by atoms with Gasteiger partial charge in [0.15, 0.2) is 0 Å². The molecule has 2 rings (SSSR count). The summed E-state index contributed by atoms with van der Waals surface area (Å²) in [5, 5.41) is 10.9. The van der Waals surface area contributed by atoms with E-state index in [0.29, 0.717) is 6.54 Å². The maximum absolute atomic E-state index is 12.0. The van der Waals surface area contributed by atoms with Crippen LogP contribution >= 0.6 is 0 Å². The molecule has 1 heterocycles. The fourth-order valence-electron chi connectivity index (χ4n) is 2.22. The van der Waals surface area contributed by atoms with Crippen LogP contribution in [0, 0.1) is 6.92 Å². The summed E-state index contributed by atoms with van der Waals surface area (Å²) in [6, 6.07) is 7.87. The van der Waals surface area contributed by atoms with E-state index in [9.17, 15) is 4.79 Å². The predicted molar refractivity (Wildman–Crippen MR) is 84.9 cm³/mol. The summed E-state index contributed by atoms with van der Waals surface area (Å²) < 4.78 is 1.53. The Hall–Kier alpha value is -2.21. The second-order valence-corrected chi connectivity index (χ2v) is 5.44. The Bertz CT molecular complexity index is 623. The summed E-state index contributed by atoms with van der Waals surface area (Å²) in [4.78, 5) is 12.0. The number of nitrogens with two attached hydrogens (primary N) is 1. The summed E-state index contributed by atoms with van der Waals surface area (Å²) in [5.41, 5.74) is 8.99. The maximum atomic E-state index is 12.0. The SMILES string of the molecule is CCC[C@H](N)c1cn(CC(=O)NCc2ccccc2C)nn1. The van der Waals surface area contributed by atoms with Gasteiger partial charge in [-0.15, -0.1) is 5.10 Å². The third-order valence-corrected chi connectivity index (χ3v) is 3.58. The van der Waals surface area contributed by atoms with E-state index in [1.165, 1.54) is 4.68 Å². The quantitative estimate of drug-likeness (QED) is 0.815. The summed E-state index contributed by atoms with van der Waals surface area (Å²) in [7, 11) is 0. The van der Waals surface area contributed by atoms with Crippen molar-refractivity contribution in [2.24, 2.45) is 5.73 Å². The molecule has 0 radical (unpaired) electrons. The molecule has 3 N–H and O–H groups in total. The smallest absolute Gasteiger partial charge is 0.242 e. The molecular weight excluding hydrogens is 278 g/mol. The number of nitrogens with zero attached hydrogens (tertiary/aromatic N) is 3. The van der Waals surface area contributed by atoms with Crippen molar-refractivity contribution in [1.82, 2.24) is 20.3 Å². The van der Waals surface area contributed by atoms with E-state index in [2.05, 4.69) is 22.6 Å². The summed E-state index contributed by atoms with van der Waals surface area (Å²) in [5.74, 6) is -0.0937. The normalized spacial score (nSPS) is 12.1. The molecule has 1 atom stereocenters. The first kappa shape index (κ1) is 16.2. The van der Waals surface area contributed by atoms with Crippen LogP contribution in [0.1, 0.15) is 42.6 Å². The van der Waals surface area contributed by atoms with E-state index in [-0.39, 0.29) is 18.5 Å². The van der Waals surface area contributed by atoms with Gasteiger partial charge in [0.25, 0.3) is 0 Å². The minimum atomic E-state index is -0.117. The van der Waals surface area contributed by atoms with Gasteiger partial charge in [-0.3, -0.25) is 4.79 Å². The van der Waals surface area contributed by atoms with E-state index >= 15 is 0 Å². The molecule has 0 bridgehead atoms. The molecule has 6 heteroatoms. The Morgan fingerprint density at radius 2 is 2.18 bits per heavy atom. The number of amides is 1. The Balaban J connectivity index is 1.86. The van der Waals surface area contributed by atoms with Gasteiger partial charge in [-0.1, -0.05) is 42.8 Å². The van der Waals surface area contributed by atoms with Crippen LogP contribution in [-0.4, -0.2) is 20.9 Å². The molecule has 22 heavy (non-hydrogen) atoms. The van der Waals surface area contributed by atoms with Gasteiger partial charge >= 0.3 is 0 Å². The molecule has 6 nitrogen and oxygen atoms in total. The van der Waals surface area contributed by atoms with Crippen LogP contribution in [0.2, 0.25) is 0 Å². The number of carbonyl (C=O) groups excluding carboxylic acids is 1. The van der Waals surface area contributed by atoms with Gasteiger partial charge in [-0.25, -0.2) is 4.68 Å². The van der Waals surface area contributed by atoms with Crippen LogP contribution in [0.3, 0.4) is 0 Å². The second-order valence-electron chi connectivity index (χ2n) is 5.44. The van der Waals surface area contributed by atoms with Crippen LogP contribution in [0.4, 0.5) is 0 Å². The van der Waals surface area contributed by atoms with Crippen molar-refractivity contribution in [2.45, 2.75) is 45.8 Å². The van der Waals surface area contributed by atoms with E-state index in [1.54, 1.807) is 6.20 Å². The van der Waals surface area contributed by atoms with E-state index in [4.69, 9.17) is 5.73 Å². The molecule has 2 aromatic rings. The Morgan fingerprint density at radius 1 is 1.41 bits per heavy atom. The zero-order chi connectivity index (χ0) is 15.9. The Labute approximate surface area is 130 Å². The molecule has 0 aliphatic rings. The highest BCUT2D eigenvalue weighted by atomic mass is 16.2. The lowest BCUT2D eigenvalue weighted by Crippen LogP contribution is -2.27. The van der Waals surface area contributed by atoms with Crippen LogP contribution in [-0.2, 0) is 17.9 Å². The van der Waals surface area contributed by atoms with E-state index in [0.717, 1.165) is 29.7 Å². The zero-order valence-electron chi connectivity index (χ0n) is 13.1. The number of rotatable bonds is 7. The molecule has 0 aliphatic heterocycles. The average molecular weight is 301 g/mol. The number of hydrogen-bond donors (Lipinski definition) is 2. The second kappa shape index (κ2) is 7.70. The molecule has 1 aromatic carbocycles. The van der Waals surface area contributed by atoms with Gasteiger partial charge in [0, 0.05) is 6.54 Å². The van der Waals surface area contributed by atoms with Crippen molar-refractivity contribution in [2.75, 3.05) is 0 Å². The minimum Gasteiger partial charge on any atom is -0.350 e. The Morgan fingerprint density at radius 3 is 2.91 bits per heavy atom. The number of aromatic nitrogens is 3. The standard InChI is InChI=1S/C16H23N5O/c1-3-6-14(17)15-10-21(20-19-15)11-16(22)18-9-13-8-5-4-7-12(13)2/h4-5,7-8,10,14H,3,6,9,11,17H2,1-2H3,(H,18,22)/t14-/m0/s1. The first-order valence-electron chi connectivity index (χ1n) is 7.57. The predicted octanol–water partition coefficient (Wildman–Crippen LogP) is 1.70. The highest BCUT2D eigenvalue weighted by Crippen LogP contribution is 2.11. The van der Waals surface area contributed by atoms with Gasteiger partial charge in [-0.05, 0) is 24.5 Å². The van der Waals surface area contributed by atoms with Gasteiger partial charge in [0.1, 0.15) is 6.54 Å². The highest BCUT2D eigenvalue weighted by Gasteiger charge is 2.11. The summed E-state index contributed by atoms with van der Waals surface area (Å²) >= 11 is 0. The van der Waals surface area contributed by atoms with Gasteiger partial charge in [-0.2, -0.15) is 0 Å². The molecule has 0 saturated heterocycles. The number of aryl methyl sites for hydroxylation is 1. The lowest BCUT2D eigenvalue weighted by atomic mass is 10.1.